The molecule has 1 unspecified atom stereocenters. The number of benzene rings is 3. The van der Waals surface area contributed by atoms with E-state index in [4.69, 9.17) is 9.47 Å². The summed E-state index contributed by atoms with van der Waals surface area (Å²) in [5.74, 6) is 0.329. The van der Waals surface area contributed by atoms with Crippen molar-refractivity contribution in [3.05, 3.63) is 107 Å². The van der Waals surface area contributed by atoms with Crippen LogP contribution in [0.25, 0.3) is 28.4 Å². The Morgan fingerprint density at radius 2 is 2.00 bits per heavy atom. The number of carbonyl (C=O) groups is 2. The van der Waals surface area contributed by atoms with Gasteiger partial charge in [-0.05, 0) is 78.8 Å². The van der Waals surface area contributed by atoms with Crippen LogP contribution in [0.1, 0.15) is 48.2 Å². The van der Waals surface area contributed by atoms with Gasteiger partial charge in [-0.3, -0.25) is 4.79 Å². The van der Waals surface area contributed by atoms with Gasteiger partial charge in [0.15, 0.2) is 11.6 Å². The van der Waals surface area contributed by atoms with Gasteiger partial charge in [0, 0.05) is 41.2 Å². The van der Waals surface area contributed by atoms with E-state index in [1.807, 2.05) is 30.3 Å². The quantitative estimate of drug-likeness (QED) is 0.139. The van der Waals surface area contributed by atoms with Crippen LogP contribution in [0.4, 0.5) is 8.78 Å². The summed E-state index contributed by atoms with van der Waals surface area (Å²) in [4.78, 5) is 35.8. The molecule has 8 nitrogen and oxygen atoms in total. The molecule has 3 heterocycles. The molecule has 46 heavy (non-hydrogen) atoms. The summed E-state index contributed by atoms with van der Waals surface area (Å²) in [5.41, 5.74) is 3.51. The molecule has 236 valence electrons. The van der Waals surface area contributed by atoms with E-state index in [1.165, 1.54) is 30.3 Å². The lowest BCUT2D eigenvalue weighted by Crippen LogP contribution is -2.29. The van der Waals surface area contributed by atoms with Crippen LogP contribution in [0.3, 0.4) is 0 Å². The fraction of sp³-hybridized carbons (Fsp3) is 0.229. The number of hydrogen-bond acceptors (Lipinski definition) is 6. The molecule has 0 radical (unpaired) electrons. The van der Waals surface area contributed by atoms with Crippen molar-refractivity contribution in [1.29, 1.82) is 0 Å². The summed E-state index contributed by atoms with van der Waals surface area (Å²) in [5, 5.41) is 3.96. The zero-order chi connectivity index (χ0) is 32.0. The van der Waals surface area contributed by atoms with E-state index in [9.17, 15) is 9.59 Å². The molecule has 5 aromatic rings. The Morgan fingerprint density at radius 1 is 1.11 bits per heavy atom. The fourth-order valence-electron chi connectivity index (χ4n) is 5.45. The Bertz CT molecular complexity index is 1920. The van der Waals surface area contributed by atoms with Crippen LogP contribution in [0, 0.1) is 11.6 Å². The molecule has 0 fully saturated rings. The SMILES string of the molecule is CCOC(=O)/C=C/c1cccc(C2NC(=O)CCCSCCc3c(c(F)cc4[nH]ccc34)Oc3ccc(F)c(c3)-c3ncc2[nH]3)c1. The number of rotatable bonds is 4. The summed E-state index contributed by atoms with van der Waals surface area (Å²) in [6.45, 7) is 2.01. The van der Waals surface area contributed by atoms with Crippen molar-refractivity contribution in [2.24, 2.45) is 0 Å². The van der Waals surface area contributed by atoms with Gasteiger partial charge < -0.3 is 24.8 Å². The Balaban J connectivity index is 1.38. The second kappa shape index (κ2) is 14.0. The minimum atomic E-state index is -0.636. The van der Waals surface area contributed by atoms with Crippen LogP contribution < -0.4 is 10.1 Å². The number of ether oxygens (including phenoxy) is 2. The highest BCUT2D eigenvalue weighted by molar-refractivity contribution is 7.99. The molecule has 0 aliphatic carbocycles. The minimum Gasteiger partial charge on any atom is -0.463 e. The minimum absolute atomic E-state index is 0.0999. The maximum Gasteiger partial charge on any atom is 0.330 e. The number of amides is 1. The summed E-state index contributed by atoms with van der Waals surface area (Å²) in [6, 6.07) is 14.2. The molecule has 0 spiro atoms. The third-order valence-electron chi connectivity index (χ3n) is 7.62. The molecule has 3 N–H and O–H groups in total. The first-order valence-electron chi connectivity index (χ1n) is 15.0. The van der Waals surface area contributed by atoms with E-state index in [2.05, 4.69) is 20.3 Å². The van der Waals surface area contributed by atoms with Crippen molar-refractivity contribution in [2.75, 3.05) is 18.1 Å². The normalized spacial score (nSPS) is 15.9. The summed E-state index contributed by atoms with van der Waals surface area (Å²) < 4.78 is 41.8. The molecule has 1 aliphatic heterocycles. The number of aromatic nitrogens is 3. The van der Waals surface area contributed by atoms with Gasteiger partial charge >= 0.3 is 5.97 Å². The predicted octanol–water partition coefficient (Wildman–Crippen LogP) is 7.48. The fourth-order valence-corrected chi connectivity index (χ4v) is 6.35. The molecule has 4 bridgehead atoms. The van der Waals surface area contributed by atoms with E-state index in [0.717, 1.165) is 27.8 Å². The summed E-state index contributed by atoms with van der Waals surface area (Å²) in [6.07, 6.45) is 7.77. The zero-order valence-electron chi connectivity index (χ0n) is 25.1. The number of esters is 1. The highest BCUT2D eigenvalue weighted by Gasteiger charge is 2.22. The highest BCUT2D eigenvalue weighted by Crippen LogP contribution is 2.37. The molecule has 6 rings (SSSR count). The van der Waals surface area contributed by atoms with Gasteiger partial charge in [0.2, 0.25) is 5.91 Å². The maximum absolute atomic E-state index is 15.4. The molecular formula is C35H32F2N4O4S. The van der Waals surface area contributed by atoms with Crippen molar-refractivity contribution < 1.29 is 27.8 Å². The number of fused-ring (bicyclic) bond motifs is 8. The summed E-state index contributed by atoms with van der Waals surface area (Å²) in [7, 11) is 0. The number of aromatic amines is 2. The van der Waals surface area contributed by atoms with Crippen LogP contribution in [-0.4, -0.2) is 44.9 Å². The standard InChI is InChI=1S/C35H32F2N4O4S/c1-2-44-32(43)11-8-21-5-3-6-22(17-21)33-30-20-39-35(40-30)26-18-23(9-10-27(26)36)45-34-25(13-16-46-15-4-7-31(42)41-33)24-12-14-38-29(24)19-28(34)37/h3,5-6,8-12,14,17-20,33,38H,2,4,7,13,15-16H2,1H3,(H,39,40)(H,41,42)/b11-8+. The number of H-pyrrole nitrogens is 2. The van der Waals surface area contributed by atoms with Crippen molar-refractivity contribution in [1.82, 2.24) is 20.3 Å². The number of nitrogens with zero attached hydrogens (tertiary/aromatic N) is 1. The van der Waals surface area contributed by atoms with Gasteiger partial charge in [-0.1, -0.05) is 18.2 Å². The van der Waals surface area contributed by atoms with Crippen LogP contribution >= 0.6 is 11.8 Å². The third-order valence-corrected chi connectivity index (χ3v) is 8.69. The largest absolute Gasteiger partial charge is 0.463 e. The van der Waals surface area contributed by atoms with E-state index in [0.29, 0.717) is 36.2 Å². The molecular weight excluding hydrogens is 610 g/mol. The summed E-state index contributed by atoms with van der Waals surface area (Å²) >= 11 is 1.68. The lowest BCUT2D eigenvalue weighted by Gasteiger charge is -2.19. The number of halogens is 2. The van der Waals surface area contributed by atoms with Crippen LogP contribution in [-0.2, 0) is 20.7 Å². The molecule has 0 saturated carbocycles. The Morgan fingerprint density at radius 3 is 2.87 bits per heavy atom. The van der Waals surface area contributed by atoms with Gasteiger partial charge in [0.05, 0.1) is 30.1 Å². The van der Waals surface area contributed by atoms with Gasteiger partial charge in [0.1, 0.15) is 17.4 Å². The van der Waals surface area contributed by atoms with E-state index in [1.54, 1.807) is 37.2 Å². The second-order valence-electron chi connectivity index (χ2n) is 10.8. The van der Waals surface area contributed by atoms with Gasteiger partial charge in [-0.25, -0.2) is 18.6 Å². The number of hydrogen-bond donors (Lipinski definition) is 3. The number of imidazole rings is 1. The predicted molar refractivity (Wildman–Crippen MR) is 175 cm³/mol. The first-order valence-corrected chi connectivity index (χ1v) is 16.2. The van der Waals surface area contributed by atoms with Crippen LogP contribution in [0.5, 0.6) is 11.5 Å². The molecule has 1 amide bonds. The first kappa shape index (κ1) is 31.1. The number of aryl methyl sites for hydroxylation is 1. The average molecular weight is 643 g/mol. The molecule has 2 aromatic heterocycles. The second-order valence-corrected chi connectivity index (χ2v) is 12.0. The number of nitrogens with one attached hydrogen (secondary N) is 3. The Labute approximate surface area is 268 Å². The smallest absolute Gasteiger partial charge is 0.330 e. The lowest BCUT2D eigenvalue weighted by molar-refractivity contribution is -0.137. The van der Waals surface area contributed by atoms with Crippen molar-refractivity contribution in [3.63, 3.8) is 0 Å². The molecule has 1 aliphatic rings. The topological polar surface area (TPSA) is 109 Å². The van der Waals surface area contributed by atoms with Crippen LogP contribution in [0.15, 0.2) is 73.1 Å². The van der Waals surface area contributed by atoms with Gasteiger partial charge in [-0.15, -0.1) is 0 Å². The Hall–Kier alpha value is -4.90. The number of carbonyl (C=O) groups excluding carboxylic acids is 2. The van der Waals surface area contributed by atoms with E-state index in [-0.39, 0.29) is 35.4 Å². The van der Waals surface area contributed by atoms with Crippen molar-refractivity contribution in [2.45, 2.75) is 32.2 Å². The number of thioether (sulfide) groups is 1. The third kappa shape index (κ3) is 6.99. The van der Waals surface area contributed by atoms with Crippen LogP contribution in [0.2, 0.25) is 0 Å². The van der Waals surface area contributed by atoms with Gasteiger partial charge in [-0.2, -0.15) is 11.8 Å². The lowest BCUT2D eigenvalue weighted by atomic mass is 10.0. The zero-order valence-corrected chi connectivity index (χ0v) is 25.9. The molecule has 0 saturated heterocycles. The Kier molecular flexibility index (Phi) is 9.49. The monoisotopic (exact) mass is 642 g/mol. The molecule has 11 heteroatoms. The van der Waals surface area contributed by atoms with E-state index < -0.39 is 23.6 Å². The van der Waals surface area contributed by atoms with Gasteiger partial charge in [0.25, 0.3) is 0 Å². The van der Waals surface area contributed by atoms with Crippen molar-refractivity contribution in [3.8, 4) is 22.9 Å². The van der Waals surface area contributed by atoms with E-state index >= 15 is 8.78 Å². The maximum atomic E-state index is 15.4. The first-order chi connectivity index (χ1) is 22.4. The molecule has 3 aromatic carbocycles. The highest BCUT2D eigenvalue weighted by atomic mass is 32.2. The van der Waals surface area contributed by atoms with Crippen molar-refractivity contribution >= 4 is 40.6 Å². The molecule has 1 atom stereocenters. The average Bonchev–Trinajstić information content (AvgIpc) is 3.72.